The highest BCUT2D eigenvalue weighted by Gasteiger charge is 2.43. The zero-order valence-electron chi connectivity index (χ0n) is 13.8. The first-order chi connectivity index (χ1) is 11.5. The van der Waals surface area contributed by atoms with Gasteiger partial charge >= 0.3 is 0 Å². The van der Waals surface area contributed by atoms with Crippen LogP contribution in [0.15, 0.2) is 12.3 Å². The molecule has 3 heterocycles. The molecule has 1 aliphatic carbocycles. The van der Waals surface area contributed by atoms with Gasteiger partial charge in [0, 0.05) is 44.2 Å². The number of aromatic nitrogens is 1. The first-order valence-corrected chi connectivity index (χ1v) is 9.26. The van der Waals surface area contributed by atoms with Crippen molar-refractivity contribution in [2.45, 2.75) is 38.5 Å². The van der Waals surface area contributed by atoms with Gasteiger partial charge in [-0.2, -0.15) is 0 Å². The largest absolute Gasteiger partial charge is 0.354 e. The summed E-state index contributed by atoms with van der Waals surface area (Å²) in [6.07, 6.45) is 7.65. The summed E-state index contributed by atoms with van der Waals surface area (Å²) >= 11 is 5.82. The van der Waals surface area contributed by atoms with Gasteiger partial charge in [-0.25, -0.2) is 9.37 Å². The van der Waals surface area contributed by atoms with Gasteiger partial charge in [0.15, 0.2) is 11.6 Å². The molecule has 0 aromatic carbocycles. The van der Waals surface area contributed by atoms with E-state index in [1.165, 1.54) is 25.1 Å². The van der Waals surface area contributed by atoms with Crippen molar-refractivity contribution in [3.63, 3.8) is 0 Å². The van der Waals surface area contributed by atoms with Crippen LogP contribution in [0.1, 0.15) is 38.5 Å². The minimum Gasteiger partial charge on any atom is -0.354 e. The van der Waals surface area contributed by atoms with Crippen LogP contribution in [0, 0.1) is 17.2 Å². The van der Waals surface area contributed by atoms with Crippen LogP contribution >= 0.6 is 11.6 Å². The molecule has 1 atom stereocenters. The summed E-state index contributed by atoms with van der Waals surface area (Å²) in [5, 5.41) is 0.321. The van der Waals surface area contributed by atoms with Gasteiger partial charge in [-0.3, -0.25) is 4.79 Å². The minimum atomic E-state index is -0.360. The molecule has 1 spiro atoms. The molecule has 4 nitrogen and oxygen atoms in total. The Morgan fingerprint density at radius 1 is 1.33 bits per heavy atom. The molecular formula is C18H23ClFN3O. The summed E-state index contributed by atoms with van der Waals surface area (Å²) in [4.78, 5) is 20.6. The molecule has 0 bridgehead atoms. The van der Waals surface area contributed by atoms with Crippen LogP contribution in [-0.2, 0) is 4.79 Å². The average Bonchev–Trinajstić information content (AvgIpc) is 3.35. The van der Waals surface area contributed by atoms with Crippen molar-refractivity contribution in [2.24, 2.45) is 11.3 Å². The topological polar surface area (TPSA) is 36.4 Å². The number of nitrogens with zero attached hydrogens (tertiary/aromatic N) is 3. The van der Waals surface area contributed by atoms with Crippen LogP contribution in [0.25, 0.3) is 0 Å². The summed E-state index contributed by atoms with van der Waals surface area (Å²) in [6.45, 7) is 3.30. The lowest BCUT2D eigenvalue weighted by Gasteiger charge is -2.48. The zero-order valence-corrected chi connectivity index (χ0v) is 14.6. The van der Waals surface area contributed by atoms with Crippen molar-refractivity contribution >= 4 is 23.3 Å². The smallest absolute Gasteiger partial charge is 0.222 e. The molecule has 0 N–H and O–H groups in total. The van der Waals surface area contributed by atoms with E-state index in [9.17, 15) is 9.18 Å². The average molecular weight is 352 g/mol. The van der Waals surface area contributed by atoms with E-state index >= 15 is 0 Å². The van der Waals surface area contributed by atoms with E-state index in [1.54, 1.807) is 0 Å². The number of carbonyl (C=O) groups excluding carboxylic acids is 1. The second-order valence-electron chi connectivity index (χ2n) is 7.70. The summed E-state index contributed by atoms with van der Waals surface area (Å²) < 4.78 is 14.3. The molecule has 130 valence electrons. The lowest BCUT2D eigenvalue weighted by Crippen LogP contribution is -2.54. The normalized spacial score (nSPS) is 27.8. The van der Waals surface area contributed by atoms with Gasteiger partial charge in [-0.05, 0) is 44.1 Å². The number of piperidine rings is 2. The van der Waals surface area contributed by atoms with Crippen molar-refractivity contribution in [2.75, 3.05) is 31.1 Å². The fourth-order valence-corrected chi connectivity index (χ4v) is 4.39. The quantitative estimate of drug-likeness (QED) is 0.836. The fourth-order valence-electron chi connectivity index (χ4n) is 4.24. The molecule has 1 amide bonds. The summed E-state index contributed by atoms with van der Waals surface area (Å²) in [5.41, 5.74) is 0.0782. The first-order valence-electron chi connectivity index (χ1n) is 8.88. The Bertz CT molecular complexity index is 651. The van der Waals surface area contributed by atoms with E-state index < -0.39 is 0 Å². The number of amides is 1. The molecule has 1 aromatic heterocycles. The highest BCUT2D eigenvalue weighted by Crippen LogP contribution is 2.41. The summed E-state index contributed by atoms with van der Waals surface area (Å²) in [7, 11) is 0. The van der Waals surface area contributed by atoms with Gasteiger partial charge in [0.2, 0.25) is 5.91 Å². The van der Waals surface area contributed by atoms with Crippen LogP contribution in [0.4, 0.5) is 10.2 Å². The SMILES string of the molecule is O=C1CC[C@@]2(CCCN(c3ncc(Cl)cc3F)C2)CN1CC1CC1. The molecule has 2 aliphatic heterocycles. The van der Waals surface area contributed by atoms with Crippen molar-refractivity contribution in [3.05, 3.63) is 23.1 Å². The predicted molar refractivity (Wildman–Crippen MR) is 91.6 cm³/mol. The maximum atomic E-state index is 14.3. The standard InChI is InChI=1S/C18H23ClFN3O/c19-14-8-15(20)17(21-9-14)22-7-1-5-18(11-22)6-4-16(24)23(12-18)10-13-2-3-13/h8-9,13H,1-7,10-12H2/t18-/m1/s1. The van der Waals surface area contributed by atoms with Crippen LogP contribution in [0.2, 0.25) is 5.02 Å². The Morgan fingerprint density at radius 3 is 2.92 bits per heavy atom. The molecule has 1 saturated carbocycles. The number of rotatable bonds is 3. The third-order valence-corrected chi connectivity index (χ3v) is 5.88. The fraction of sp³-hybridized carbons (Fsp3) is 0.667. The van der Waals surface area contributed by atoms with Crippen LogP contribution in [0.3, 0.4) is 0 Å². The van der Waals surface area contributed by atoms with E-state index in [-0.39, 0.29) is 11.2 Å². The second kappa shape index (κ2) is 6.17. The number of hydrogen-bond donors (Lipinski definition) is 0. The maximum Gasteiger partial charge on any atom is 0.222 e. The van der Waals surface area contributed by atoms with Gasteiger partial charge in [-0.1, -0.05) is 11.6 Å². The van der Waals surface area contributed by atoms with Gasteiger partial charge in [0.25, 0.3) is 0 Å². The van der Waals surface area contributed by atoms with Crippen molar-refractivity contribution in [3.8, 4) is 0 Å². The lowest BCUT2D eigenvalue weighted by molar-refractivity contribution is -0.138. The van der Waals surface area contributed by atoms with Gasteiger partial charge < -0.3 is 9.80 Å². The summed E-state index contributed by atoms with van der Waals surface area (Å²) in [5.74, 6) is 1.03. The molecule has 2 saturated heterocycles. The molecule has 3 fully saturated rings. The van der Waals surface area contributed by atoms with E-state index in [4.69, 9.17) is 11.6 Å². The molecule has 1 aromatic rings. The number of hydrogen-bond acceptors (Lipinski definition) is 3. The van der Waals surface area contributed by atoms with Crippen LogP contribution in [0.5, 0.6) is 0 Å². The van der Waals surface area contributed by atoms with Crippen molar-refractivity contribution < 1.29 is 9.18 Å². The molecule has 24 heavy (non-hydrogen) atoms. The first kappa shape index (κ1) is 16.1. The Balaban J connectivity index is 1.51. The third kappa shape index (κ3) is 3.23. The van der Waals surface area contributed by atoms with Crippen molar-refractivity contribution in [1.29, 1.82) is 0 Å². The Labute approximate surface area is 147 Å². The second-order valence-corrected chi connectivity index (χ2v) is 8.14. The number of halogens is 2. The Morgan fingerprint density at radius 2 is 2.17 bits per heavy atom. The number of anilines is 1. The Kier molecular flexibility index (Phi) is 4.15. The molecule has 3 aliphatic rings. The highest BCUT2D eigenvalue weighted by molar-refractivity contribution is 6.30. The number of likely N-dealkylation sites (tertiary alicyclic amines) is 1. The van der Waals surface area contributed by atoms with Gasteiger partial charge in [0.1, 0.15) is 0 Å². The number of carbonyl (C=O) groups is 1. The van der Waals surface area contributed by atoms with E-state index in [2.05, 4.69) is 9.88 Å². The minimum absolute atomic E-state index is 0.0782. The zero-order chi connectivity index (χ0) is 16.7. The van der Waals surface area contributed by atoms with E-state index in [1.807, 2.05) is 4.90 Å². The van der Waals surface area contributed by atoms with Gasteiger partial charge in [0.05, 0.1) is 5.02 Å². The van der Waals surface area contributed by atoms with E-state index in [0.717, 1.165) is 45.4 Å². The summed E-state index contributed by atoms with van der Waals surface area (Å²) in [6, 6.07) is 1.33. The number of pyridine rings is 1. The third-order valence-electron chi connectivity index (χ3n) is 5.67. The molecule has 0 unspecified atom stereocenters. The highest BCUT2D eigenvalue weighted by atomic mass is 35.5. The molecule has 6 heteroatoms. The predicted octanol–water partition coefficient (Wildman–Crippen LogP) is 3.49. The lowest BCUT2D eigenvalue weighted by atomic mass is 9.73. The van der Waals surface area contributed by atoms with Gasteiger partial charge in [-0.15, -0.1) is 0 Å². The monoisotopic (exact) mass is 351 g/mol. The van der Waals surface area contributed by atoms with Crippen LogP contribution < -0.4 is 4.90 Å². The molecular weight excluding hydrogens is 329 g/mol. The molecule has 4 rings (SSSR count). The Hall–Kier alpha value is -1.36. The molecule has 0 radical (unpaired) electrons. The van der Waals surface area contributed by atoms with Crippen LogP contribution in [-0.4, -0.2) is 42.0 Å². The van der Waals surface area contributed by atoms with Crippen molar-refractivity contribution in [1.82, 2.24) is 9.88 Å². The van der Waals surface area contributed by atoms with E-state index in [0.29, 0.717) is 29.1 Å². The maximum absolute atomic E-state index is 14.3.